The second-order valence-corrected chi connectivity index (χ2v) is 5.31. The zero-order valence-corrected chi connectivity index (χ0v) is 9.63. The summed E-state index contributed by atoms with van der Waals surface area (Å²) >= 11 is 0. The van der Waals surface area contributed by atoms with Crippen molar-refractivity contribution in [3.05, 3.63) is 12.4 Å². The number of carboxylic acids is 1. The van der Waals surface area contributed by atoms with E-state index in [-0.39, 0.29) is 11.4 Å². The molecule has 0 aliphatic carbocycles. The van der Waals surface area contributed by atoms with Gasteiger partial charge in [-0.15, -0.1) is 0 Å². The maximum atomic E-state index is 11.9. The first-order valence-electron chi connectivity index (χ1n) is 4.90. The van der Waals surface area contributed by atoms with E-state index in [1.807, 2.05) is 0 Å². The summed E-state index contributed by atoms with van der Waals surface area (Å²) in [4.78, 5) is 15.3. The van der Waals surface area contributed by atoms with E-state index in [9.17, 15) is 13.2 Å². The lowest BCUT2D eigenvalue weighted by molar-refractivity contribution is -0.137. The highest BCUT2D eigenvalue weighted by molar-refractivity contribution is 7.89. The third-order valence-corrected chi connectivity index (χ3v) is 3.82. The Labute approximate surface area is 97.4 Å². The average molecular weight is 261 g/mol. The number of hydrogen-bond donors (Lipinski definition) is 1. The Hall–Kier alpha value is -1.45. The third-order valence-electron chi connectivity index (χ3n) is 2.19. The first-order valence-corrected chi connectivity index (χ1v) is 6.34. The van der Waals surface area contributed by atoms with Crippen molar-refractivity contribution in [2.75, 3.05) is 13.2 Å². The van der Waals surface area contributed by atoms with Gasteiger partial charge in [0.25, 0.3) is 10.0 Å². The van der Waals surface area contributed by atoms with Crippen molar-refractivity contribution in [1.29, 1.82) is 0 Å². The van der Waals surface area contributed by atoms with Crippen LogP contribution in [0.2, 0.25) is 0 Å². The molecule has 94 valence electrons. The quantitative estimate of drug-likeness (QED) is 0.768. The van der Waals surface area contributed by atoms with Crippen LogP contribution >= 0.6 is 0 Å². The number of aromatic nitrogens is 2. The summed E-state index contributed by atoms with van der Waals surface area (Å²) in [5.74, 6) is -1.09. The van der Waals surface area contributed by atoms with Gasteiger partial charge in [0.05, 0.1) is 12.8 Å². The zero-order chi connectivity index (χ0) is 12.5. The normalized spacial score (nSPS) is 17.4. The molecular weight excluding hydrogens is 250 g/mol. The minimum absolute atomic E-state index is 0.0688. The van der Waals surface area contributed by atoms with Crippen molar-refractivity contribution in [2.24, 2.45) is 0 Å². The standard InChI is InChI=1S/C8H11N3O5S/c12-8(13)6-10-5-7(4-9-10)17(14,15)11-2-1-3-16-11/h4-5H,1-3,6H2,(H,12,13). The van der Waals surface area contributed by atoms with E-state index in [1.54, 1.807) is 0 Å². The number of carbonyl (C=O) groups is 1. The molecule has 17 heavy (non-hydrogen) atoms. The largest absolute Gasteiger partial charge is 0.480 e. The SMILES string of the molecule is O=C(O)Cn1cc(S(=O)(=O)N2CCCO2)cn1. The molecule has 1 saturated heterocycles. The van der Waals surface area contributed by atoms with Crippen LogP contribution in [0.4, 0.5) is 0 Å². The van der Waals surface area contributed by atoms with E-state index in [0.717, 1.165) is 15.3 Å². The summed E-state index contributed by atoms with van der Waals surface area (Å²) in [6.45, 7) is 0.283. The lowest BCUT2D eigenvalue weighted by atomic mass is 10.5. The number of rotatable bonds is 4. The Morgan fingerprint density at radius 2 is 2.35 bits per heavy atom. The van der Waals surface area contributed by atoms with Crippen molar-refractivity contribution >= 4 is 16.0 Å². The molecule has 8 nitrogen and oxygen atoms in total. The molecule has 0 spiro atoms. The number of carboxylic acid groups (broad SMARTS) is 1. The molecule has 1 aliphatic heterocycles. The van der Waals surface area contributed by atoms with Gasteiger partial charge in [-0.3, -0.25) is 14.3 Å². The fourth-order valence-electron chi connectivity index (χ4n) is 1.43. The van der Waals surface area contributed by atoms with E-state index in [1.165, 1.54) is 6.20 Å². The van der Waals surface area contributed by atoms with Gasteiger partial charge in [0, 0.05) is 12.7 Å². The van der Waals surface area contributed by atoms with Gasteiger partial charge in [-0.05, 0) is 6.42 Å². The van der Waals surface area contributed by atoms with Gasteiger partial charge >= 0.3 is 5.97 Å². The molecule has 1 aromatic heterocycles. The van der Waals surface area contributed by atoms with Crippen LogP contribution in [0, 0.1) is 0 Å². The molecule has 1 aromatic rings. The van der Waals surface area contributed by atoms with E-state index in [0.29, 0.717) is 19.6 Å². The monoisotopic (exact) mass is 261 g/mol. The van der Waals surface area contributed by atoms with Crippen molar-refractivity contribution in [3.63, 3.8) is 0 Å². The molecule has 1 N–H and O–H groups in total. The van der Waals surface area contributed by atoms with Crippen molar-refractivity contribution in [3.8, 4) is 0 Å². The Bertz CT molecular complexity index is 517. The van der Waals surface area contributed by atoms with Crippen LogP contribution in [-0.4, -0.2) is 46.9 Å². The maximum Gasteiger partial charge on any atom is 0.325 e. The molecule has 9 heteroatoms. The van der Waals surface area contributed by atoms with E-state index in [4.69, 9.17) is 9.94 Å². The highest BCUT2D eigenvalue weighted by Crippen LogP contribution is 2.18. The van der Waals surface area contributed by atoms with E-state index in [2.05, 4.69) is 5.10 Å². The number of nitrogens with zero attached hydrogens (tertiary/aromatic N) is 3. The van der Waals surface area contributed by atoms with Crippen LogP contribution < -0.4 is 0 Å². The van der Waals surface area contributed by atoms with Crippen LogP contribution in [0.1, 0.15) is 6.42 Å². The van der Waals surface area contributed by atoms with Gasteiger partial charge in [0.1, 0.15) is 11.4 Å². The highest BCUT2D eigenvalue weighted by Gasteiger charge is 2.29. The first-order chi connectivity index (χ1) is 8.00. The summed E-state index contributed by atoms with van der Waals surface area (Å²) in [6, 6.07) is 0. The molecule has 2 rings (SSSR count). The molecule has 0 atom stereocenters. The zero-order valence-electron chi connectivity index (χ0n) is 8.81. The molecule has 2 heterocycles. The fourth-order valence-corrected chi connectivity index (χ4v) is 2.69. The first kappa shape index (κ1) is 12.0. The number of hydroxylamine groups is 1. The van der Waals surface area contributed by atoms with Crippen molar-refractivity contribution in [1.82, 2.24) is 14.2 Å². The second kappa shape index (κ2) is 4.43. The summed E-state index contributed by atoms with van der Waals surface area (Å²) in [5.41, 5.74) is 0. The van der Waals surface area contributed by atoms with Crippen LogP contribution in [0.3, 0.4) is 0 Å². The summed E-state index contributed by atoms with van der Waals surface area (Å²) < 4.78 is 25.8. The van der Waals surface area contributed by atoms with Crippen LogP contribution in [0.25, 0.3) is 0 Å². The van der Waals surface area contributed by atoms with Crippen LogP contribution in [0.15, 0.2) is 17.3 Å². The second-order valence-electron chi connectivity index (χ2n) is 3.49. The van der Waals surface area contributed by atoms with Gasteiger partial charge in [0.2, 0.25) is 0 Å². The molecular formula is C8H11N3O5S. The molecule has 1 aliphatic rings. The van der Waals surface area contributed by atoms with Gasteiger partial charge < -0.3 is 5.11 Å². The minimum atomic E-state index is -3.72. The van der Waals surface area contributed by atoms with Crippen molar-refractivity contribution < 1.29 is 23.2 Å². The lowest BCUT2D eigenvalue weighted by Gasteiger charge is -2.11. The summed E-state index contributed by atoms with van der Waals surface area (Å²) in [7, 11) is -3.72. The maximum absolute atomic E-state index is 11.9. The minimum Gasteiger partial charge on any atom is -0.480 e. The van der Waals surface area contributed by atoms with E-state index >= 15 is 0 Å². The summed E-state index contributed by atoms with van der Waals surface area (Å²) in [5, 5.41) is 12.2. The fraction of sp³-hybridized carbons (Fsp3) is 0.500. The third kappa shape index (κ3) is 2.46. The molecule has 0 bridgehead atoms. The Morgan fingerprint density at radius 1 is 1.59 bits per heavy atom. The van der Waals surface area contributed by atoms with E-state index < -0.39 is 16.0 Å². The lowest BCUT2D eigenvalue weighted by Crippen LogP contribution is -2.26. The van der Waals surface area contributed by atoms with Crippen molar-refractivity contribution in [2.45, 2.75) is 17.9 Å². The molecule has 1 fully saturated rings. The Balaban J connectivity index is 2.21. The Kier molecular flexibility index (Phi) is 3.13. The molecule has 0 amide bonds. The predicted molar refractivity (Wildman–Crippen MR) is 54.3 cm³/mol. The van der Waals surface area contributed by atoms with Crippen LogP contribution in [-0.2, 0) is 26.2 Å². The number of sulfonamides is 1. The predicted octanol–water partition coefficient (Wildman–Crippen LogP) is -0.706. The molecule has 0 saturated carbocycles. The van der Waals surface area contributed by atoms with Gasteiger partial charge in [-0.25, -0.2) is 8.42 Å². The van der Waals surface area contributed by atoms with Crippen LogP contribution in [0.5, 0.6) is 0 Å². The smallest absolute Gasteiger partial charge is 0.325 e. The van der Waals surface area contributed by atoms with Gasteiger partial charge in [-0.1, -0.05) is 4.47 Å². The number of hydrogen-bond acceptors (Lipinski definition) is 5. The van der Waals surface area contributed by atoms with Gasteiger partial charge in [-0.2, -0.15) is 5.10 Å². The highest BCUT2D eigenvalue weighted by atomic mass is 32.2. The molecule has 0 aromatic carbocycles. The summed E-state index contributed by atoms with van der Waals surface area (Å²) in [6.07, 6.45) is 2.92. The van der Waals surface area contributed by atoms with Gasteiger partial charge in [0.15, 0.2) is 0 Å². The Morgan fingerprint density at radius 3 is 2.94 bits per heavy atom. The molecule has 0 unspecified atom stereocenters. The number of aliphatic carboxylic acids is 1. The topological polar surface area (TPSA) is 102 Å². The molecule has 0 radical (unpaired) electrons. The average Bonchev–Trinajstić information content (AvgIpc) is 2.85.